The molecule has 5 heteroatoms. The summed E-state index contributed by atoms with van der Waals surface area (Å²) in [6, 6.07) is 3.84. The molecule has 112 valence electrons. The molecule has 2 aliphatic rings. The van der Waals surface area contributed by atoms with E-state index in [0.717, 1.165) is 28.8 Å². The van der Waals surface area contributed by atoms with E-state index in [2.05, 4.69) is 38.2 Å². The van der Waals surface area contributed by atoms with Crippen LogP contribution in [-0.4, -0.2) is 17.6 Å². The first-order valence-electron chi connectivity index (χ1n) is 7.21. The smallest absolute Gasteiger partial charge is 0.213 e. The zero-order chi connectivity index (χ0) is 14.9. The highest BCUT2D eigenvalue weighted by molar-refractivity contribution is 9.10. The summed E-state index contributed by atoms with van der Waals surface area (Å²) in [5.74, 6) is 0.739. The highest BCUT2D eigenvalue weighted by Gasteiger charge is 2.19. The number of rotatable bonds is 4. The van der Waals surface area contributed by atoms with Crippen LogP contribution >= 0.6 is 15.9 Å². The van der Waals surface area contributed by atoms with Gasteiger partial charge in [-0.05, 0) is 59.7 Å². The van der Waals surface area contributed by atoms with Crippen LogP contribution in [0.5, 0.6) is 5.88 Å². The fourth-order valence-corrected chi connectivity index (χ4v) is 2.19. The minimum Gasteiger partial charge on any atom is -0.474 e. The Balaban J connectivity index is 0.000000161. The van der Waals surface area contributed by atoms with Crippen LogP contribution in [-0.2, 0) is 0 Å². The van der Waals surface area contributed by atoms with Crippen molar-refractivity contribution in [3.8, 4) is 5.88 Å². The van der Waals surface area contributed by atoms with Crippen LogP contribution in [0.2, 0.25) is 0 Å². The second-order valence-electron chi connectivity index (χ2n) is 5.03. The van der Waals surface area contributed by atoms with Crippen LogP contribution in [0.15, 0.2) is 51.8 Å². The fourth-order valence-electron chi connectivity index (χ4n) is 1.95. The van der Waals surface area contributed by atoms with Crippen LogP contribution in [0.1, 0.15) is 32.1 Å². The standard InChI is InChI=1S/C9H10BrNO.C7H9NO/c10-7-4-5-9(11-6-7)12-8-2-1-3-8;9-8-6-7-4-2-1-3-5-7/h4-6,8H,1-3H2;2,4-5H,1,3,6H2. The first-order valence-corrected chi connectivity index (χ1v) is 8.00. The van der Waals surface area contributed by atoms with Gasteiger partial charge in [0, 0.05) is 16.7 Å². The number of hydrogen-bond donors (Lipinski definition) is 0. The molecule has 1 aromatic rings. The molecule has 1 saturated carbocycles. The van der Waals surface area contributed by atoms with Crippen LogP contribution in [0, 0.1) is 4.91 Å². The molecule has 3 rings (SSSR count). The van der Waals surface area contributed by atoms with Gasteiger partial charge >= 0.3 is 0 Å². The van der Waals surface area contributed by atoms with Crippen molar-refractivity contribution in [1.29, 1.82) is 0 Å². The number of nitrogens with zero attached hydrogens (tertiary/aromatic N) is 2. The molecule has 0 spiro atoms. The molecule has 1 fully saturated rings. The number of aromatic nitrogens is 1. The van der Waals surface area contributed by atoms with Crippen LogP contribution < -0.4 is 4.74 Å². The normalized spacial score (nSPS) is 17.1. The van der Waals surface area contributed by atoms with E-state index < -0.39 is 0 Å². The molecular weight excluding hydrogens is 332 g/mol. The van der Waals surface area contributed by atoms with Crippen molar-refractivity contribution in [3.05, 3.63) is 51.5 Å². The number of allylic oxidation sites excluding steroid dienone is 2. The maximum Gasteiger partial charge on any atom is 0.213 e. The van der Waals surface area contributed by atoms with E-state index in [1.165, 1.54) is 19.3 Å². The van der Waals surface area contributed by atoms with Gasteiger partial charge in [-0.15, -0.1) is 0 Å². The van der Waals surface area contributed by atoms with Gasteiger partial charge in [-0.1, -0.05) is 23.4 Å². The number of nitroso groups, excluding NO2 is 1. The number of halogens is 1. The van der Waals surface area contributed by atoms with Crippen molar-refractivity contribution < 1.29 is 4.74 Å². The van der Waals surface area contributed by atoms with Gasteiger partial charge in [0.25, 0.3) is 0 Å². The predicted octanol–water partition coefficient (Wildman–Crippen LogP) is 4.80. The Morgan fingerprint density at radius 3 is 2.71 bits per heavy atom. The zero-order valence-corrected chi connectivity index (χ0v) is 13.5. The summed E-state index contributed by atoms with van der Waals surface area (Å²) in [6.45, 7) is 0.330. The summed E-state index contributed by atoms with van der Waals surface area (Å²) in [7, 11) is 0. The molecular formula is C16H19BrN2O2. The van der Waals surface area contributed by atoms with Crippen molar-refractivity contribution >= 4 is 15.9 Å². The van der Waals surface area contributed by atoms with Crippen molar-refractivity contribution in [2.24, 2.45) is 5.18 Å². The van der Waals surface area contributed by atoms with Gasteiger partial charge in [-0.2, -0.15) is 4.91 Å². The molecule has 0 unspecified atom stereocenters. The molecule has 0 radical (unpaired) electrons. The SMILES string of the molecule is Brc1ccc(OC2CCC2)nc1.O=NCC1=CCCC=C1. The third-order valence-corrected chi connectivity index (χ3v) is 3.83. The lowest BCUT2D eigenvalue weighted by Gasteiger charge is -2.25. The molecule has 21 heavy (non-hydrogen) atoms. The average Bonchev–Trinajstić information content (AvgIpc) is 2.47. The Kier molecular flexibility index (Phi) is 6.60. The molecule has 0 amide bonds. The molecule has 0 saturated heterocycles. The van der Waals surface area contributed by atoms with Gasteiger partial charge in [0.2, 0.25) is 5.88 Å². The van der Waals surface area contributed by atoms with Crippen LogP contribution in [0.4, 0.5) is 0 Å². The molecule has 2 aliphatic carbocycles. The molecule has 1 aromatic heterocycles. The Bertz CT molecular complexity index is 508. The molecule has 0 aliphatic heterocycles. The first-order chi connectivity index (χ1) is 10.3. The topological polar surface area (TPSA) is 51.5 Å². The Morgan fingerprint density at radius 2 is 2.19 bits per heavy atom. The largest absolute Gasteiger partial charge is 0.474 e. The summed E-state index contributed by atoms with van der Waals surface area (Å²) in [5, 5.41) is 2.79. The van der Waals surface area contributed by atoms with E-state index in [-0.39, 0.29) is 0 Å². The van der Waals surface area contributed by atoms with E-state index in [1.807, 2.05) is 18.2 Å². The van der Waals surface area contributed by atoms with E-state index in [4.69, 9.17) is 4.74 Å². The van der Waals surface area contributed by atoms with Gasteiger partial charge in [0.15, 0.2) is 0 Å². The minimum absolute atomic E-state index is 0.330. The Hall–Kier alpha value is -1.49. The van der Waals surface area contributed by atoms with Gasteiger partial charge in [0.1, 0.15) is 12.6 Å². The molecule has 0 N–H and O–H groups in total. The maximum absolute atomic E-state index is 9.75. The van der Waals surface area contributed by atoms with E-state index in [1.54, 1.807) is 6.20 Å². The van der Waals surface area contributed by atoms with E-state index in [9.17, 15) is 4.91 Å². The van der Waals surface area contributed by atoms with Gasteiger partial charge in [0.05, 0.1) is 0 Å². The third-order valence-electron chi connectivity index (χ3n) is 3.36. The Labute approximate surface area is 133 Å². The second-order valence-corrected chi connectivity index (χ2v) is 5.95. The number of pyridine rings is 1. The van der Waals surface area contributed by atoms with Crippen molar-refractivity contribution in [3.63, 3.8) is 0 Å². The van der Waals surface area contributed by atoms with Gasteiger partial charge in [-0.25, -0.2) is 4.98 Å². The lowest BCUT2D eigenvalue weighted by Crippen LogP contribution is -2.24. The number of hydrogen-bond acceptors (Lipinski definition) is 4. The van der Waals surface area contributed by atoms with E-state index >= 15 is 0 Å². The predicted molar refractivity (Wildman–Crippen MR) is 87.3 cm³/mol. The zero-order valence-electron chi connectivity index (χ0n) is 11.9. The summed E-state index contributed by atoms with van der Waals surface area (Å²) in [6.07, 6.45) is 14.1. The van der Waals surface area contributed by atoms with Crippen molar-refractivity contribution in [2.75, 3.05) is 6.54 Å². The number of ether oxygens (including phenoxy) is 1. The third kappa shape index (κ3) is 5.79. The van der Waals surface area contributed by atoms with Gasteiger partial charge in [-0.3, -0.25) is 0 Å². The highest BCUT2D eigenvalue weighted by atomic mass is 79.9. The van der Waals surface area contributed by atoms with Gasteiger partial charge < -0.3 is 4.74 Å². The molecule has 0 atom stereocenters. The molecule has 1 heterocycles. The highest BCUT2D eigenvalue weighted by Crippen LogP contribution is 2.24. The van der Waals surface area contributed by atoms with E-state index in [0.29, 0.717) is 12.6 Å². The maximum atomic E-state index is 9.75. The second kappa shape index (κ2) is 8.72. The summed E-state index contributed by atoms with van der Waals surface area (Å²) >= 11 is 3.32. The monoisotopic (exact) mass is 350 g/mol. The van der Waals surface area contributed by atoms with Crippen LogP contribution in [0.3, 0.4) is 0 Å². The lowest BCUT2D eigenvalue weighted by atomic mass is 9.96. The lowest BCUT2D eigenvalue weighted by molar-refractivity contribution is 0.114. The average molecular weight is 351 g/mol. The first kappa shape index (κ1) is 15.9. The molecule has 4 nitrogen and oxygen atoms in total. The molecule has 0 bridgehead atoms. The minimum atomic E-state index is 0.330. The quantitative estimate of drug-likeness (QED) is 0.732. The summed E-state index contributed by atoms with van der Waals surface area (Å²) in [4.78, 5) is 13.9. The fraction of sp³-hybridized carbons (Fsp3) is 0.438. The summed E-state index contributed by atoms with van der Waals surface area (Å²) < 4.78 is 6.56. The Morgan fingerprint density at radius 1 is 1.33 bits per heavy atom. The summed E-state index contributed by atoms with van der Waals surface area (Å²) in [5.41, 5.74) is 1.05. The van der Waals surface area contributed by atoms with Crippen molar-refractivity contribution in [2.45, 2.75) is 38.2 Å². The molecule has 0 aromatic carbocycles. The van der Waals surface area contributed by atoms with Crippen molar-refractivity contribution in [1.82, 2.24) is 4.98 Å². The van der Waals surface area contributed by atoms with Crippen LogP contribution in [0.25, 0.3) is 0 Å².